The van der Waals surface area contributed by atoms with Gasteiger partial charge >= 0.3 is 5.97 Å². The zero-order chi connectivity index (χ0) is 12.7. The Kier molecular flexibility index (Phi) is 4.94. The zero-order valence-electron chi connectivity index (χ0n) is 9.90. The molecule has 0 aliphatic rings. The Labute approximate surface area is 100 Å². The van der Waals surface area contributed by atoms with Crippen LogP contribution < -0.4 is 5.32 Å². The summed E-state index contributed by atoms with van der Waals surface area (Å²) in [6, 6.07) is 6.98. The van der Waals surface area contributed by atoms with E-state index in [0.29, 0.717) is 12.2 Å². The Morgan fingerprint density at radius 2 is 2.18 bits per heavy atom. The van der Waals surface area contributed by atoms with E-state index in [0.717, 1.165) is 5.56 Å². The first-order valence-electron chi connectivity index (χ1n) is 5.34. The molecule has 4 nitrogen and oxygen atoms in total. The van der Waals surface area contributed by atoms with Gasteiger partial charge in [-0.25, -0.2) is 4.79 Å². The van der Waals surface area contributed by atoms with Gasteiger partial charge < -0.3 is 10.1 Å². The van der Waals surface area contributed by atoms with Gasteiger partial charge in [0.15, 0.2) is 0 Å². The van der Waals surface area contributed by atoms with Gasteiger partial charge in [0.2, 0.25) is 0 Å². The lowest BCUT2D eigenvalue weighted by atomic mass is 10.1. The van der Waals surface area contributed by atoms with Crippen molar-refractivity contribution in [2.24, 2.45) is 0 Å². The molecular formula is C13H15NO3. The summed E-state index contributed by atoms with van der Waals surface area (Å²) in [6.07, 6.45) is 2.96. The summed E-state index contributed by atoms with van der Waals surface area (Å²) in [4.78, 5) is 22.5. The number of carbonyl (C=O) groups excluding carboxylic acids is 2. The minimum atomic E-state index is -0.391. The van der Waals surface area contributed by atoms with E-state index in [1.165, 1.54) is 6.08 Å². The van der Waals surface area contributed by atoms with Gasteiger partial charge in [0.25, 0.3) is 5.91 Å². The zero-order valence-corrected chi connectivity index (χ0v) is 9.90. The largest absolute Gasteiger partial charge is 0.463 e. The first-order valence-corrected chi connectivity index (χ1v) is 5.34. The molecule has 0 fully saturated rings. The van der Waals surface area contributed by atoms with Gasteiger partial charge in [-0.05, 0) is 30.7 Å². The maximum Gasteiger partial charge on any atom is 0.330 e. The van der Waals surface area contributed by atoms with Crippen LogP contribution in [0, 0.1) is 0 Å². The van der Waals surface area contributed by atoms with E-state index in [1.54, 1.807) is 38.2 Å². The second-order valence-electron chi connectivity index (χ2n) is 3.29. The van der Waals surface area contributed by atoms with E-state index in [-0.39, 0.29) is 5.91 Å². The van der Waals surface area contributed by atoms with Crippen molar-refractivity contribution in [3.8, 4) is 0 Å². The van der Waals surface area contributed by atoms with Crippen LogP contribution in [-0.2, 0) is 9.53 Å². The number of ether oxygens (including phenoxy) is 1. The van der Waals surface area contributed by atoms with Crippen LogP contribution in [0.15, 0.2) is 30.3 Å². The Hall–Kier alpha value is -2.10. The van der Waals surface area contributed by atoms with Gasteiger partial charge in [-0.15, -0.1) is 0 Å². The molecule has 0 saturated carbocycles. The third-order valence-electron chi connectivity index (χ3n) is 2.07. The van der Waals surface area contributed by atoms with Crippen LogP contribution >= 0.6 is 0 Å². The SMILES string of the molecule is CCOC(=O)C=Cc1cccc(C(=O)NC)c1. The van der Waals surface area contributed by atoms with Crippen molar-refractivity contribution < 1.29 is 14.3 Å². The van der Waals surface area contributed by atoms with Crippen LogP contribution in [-0.4, -0.2) is 25.5 Å². The van der Waals surface area contributed by atoms with Crippen LogP contribution in [0.2, 0.25) is 0 Å². The fourth-order valence-corrected chi connectivity index (χ4v) is 1.28. The second-order valence-corrected chi connectivity index (χ2v) is 3.29. The quantitative estimate of drug-likeness (QED) is 0.635. The summed E-state index contributed by atoms with van der Waals surface area (Å²) in [6.45, 7) is 2.10. The van der Waals surface area contributed by atoms with Crippen LogP contribution in [0.4, 0.5) is 0 Å². The molecular weight excluding hydrogens is 218 g/mol. The highest BCUT2D eigenvalue weighted by Gasteiger charge is 2.02. The Morgan fingerprint density at radius 3 is 2.82 bits per heavy atom. The standard InChI is InChI=1S/C13H15NO3/c1-3-17-12(15)8-7-10-5-4-6-11(9-10)13(16)14-2/h4-9H,3H2,1-2H3,(H,14,16). The Balaban J connectivity index is 2.78. The lowest BCUT2D eigenvalue weighted by molar-refractivity contribution is -0.137. The van der Waals surface area contributed by atoms with Gasteiger partial charge in [0.05, 0.1) is 6.61 Å². The van der Waals surface area contributed by atoms with Crippen molar-refractivity contribution in [1.29, 1.82) is 0 Å². The van der Waals surface area contributed by atoms with E-state index in [1.807, 2.05) is 6.07 Å². The molecule has 0 atom stereocenters. The van der Waals surface area contributed by atoms with Gasteiger partial charge in [-0.2, -0.15) is 0 Å². The van der Waals surface area contributed by atoms with Crippen molar-refractivity contribution in [3.05, 3.63) is 41.5 Å². The maximum atomic E-state index is 11.4. The lowest BCUT2D eigenvalue weighted by Crippen LogP contribution is -2.17. The Bertz CT molecular complexity index is 438. The van der Waals surface area contributed by atoms with Gasteiger partial charge in [-0.3, -0.25) is 4.79 Å². The van der Waals surface area contributed by atoms with Gasteiger partial charge in [0, 0.05) is 18.7 Å². The van der Waals surface area contributed by atoms with Gasteiger partial charge in [-0.1, -0.05) is 12.1 Å². The van der Waals surface area contributed by atoms with Crippen molar-refractivity contribution >= 4 is 18.0 Å². The predicted octanol–water partition coefficient (Wildman–Crippen LogP) is 1.62. The summed E-state index contributed by atoms with van der Waals surface area (Å²) < 4.78 is 4.76. The predicted molar refractivity (Wildman–Crippen MR) is 65.5 cm³/mol. The monoisotopic (exact) mass is 233 g/mol. The minimum Gasteiger partial charge on any atom is -0.463 e. The molecule has 0 aliphatic carbocycles. The van der Waals surface area contributed by atoms with E-state index < -0.39 is 5.97 Å². The molecule has 0 saturated heterocycles. The van der Waals surface area contributed by atoms with Crippen LogP contribution in [0.3, 0.4) is 0 Å². The second kappa shape index (κ2) is 6.48. The fourth-order valence-electron chi connectivity index (χ4n) is 1.28. The van der Waals surface area contributed by atoms with E-state index in [2.05, 4.69) is 5.32 Å². The number of nitrogens with one attached hydrogen (secondary N) is 1. The number of benzene rings is 1. The third kappa shape index (κ3) is 4.10. The summed E-state index contributed by atoms with van der Waals surface area (Å²) in [5.74, 6) is -0.547. The van der Waals surface area contributed by atoms with Crippen molar-refractivity contribution in [2.45, 2.75) is 6.92 Å². The number of hydrogen-bond acceptors (Lipinski definition) is 3. The third-order valence-corrected chi connectivity index (χ3v) is 2.07. The molecule has 4 heteroatoms. The number of amides is 1. The average molecular weight is 233 g/mol. The first-order chi connectivity index (χ1) is 8.17. The van der Waals surface area contributed by atoms with E-state index >= 15 is 0 Å². The van der Waals surface area contributed by atoms with Gasteiger partial charge in [0.1, 0.15) is 0 Å². The summed E-state index contributed by atoms with van der Waals surface area (Å²) in [7, 11) is 1.57. The van der Waals surface area contributed by atoms with Crippen molar-refractivity contribution in [1.82, 2.24) is 5.32 Å². The highest BCUT2D eigenvalue weighted by molar-refractivity contribution is 5.95. The molecule has 1 amide bonds. The minimum absolute atomic E-state index is 0.156. The molecule has 17 heavy (non-hydrogen) atoms. The molecule has 90 valence electrons. The molecule has 1 aromatic rings. The highest BCUT2D eigenvalue weighted by atomic mass is 16.5. The molecule has 0 aliphatic heterocycles. The fraction of sp³-hybridized carbons (Fsp3) is 0.231. The lowest BCUT2D eigenvalue weighted by Gasteiger charge is -2.00. The van der Waals surface area contributed by atoms with Crippen molar-refractivity contribution in [2.75, 3.05) is 13.7 Å². The summed E-state index contributed by atoms with van der Waals surface area (Å²) in [5.41, 5.74) is 1.33. The normalized spacial score (nSPS) is 10.2. The molecule has 0 spiro atoms. The Morgan fingerprint density at radius 1 is 1.41 bits per heavy atom. The topological polar surface area (TPSA) is 55.4 Å². The number of esters is 1. The molecule has 0 heterocycles. The van der Waals surface area contributed by atoms with E-state index in [4.69, 9.17) is 4.74 Å². The molecule has 1 N–H and O–H groups in total. The van der Waals surface area contributed by atoms with Crippen LogP contribution in [0.1, 0.15) is 22.8 Å². The molecule has 1 rings (SSSR count). The molecule has 0 aromatic heterocycles. The molecule has 0 radical (unpaired) electrons. The number of carbonyl (C=O) groups is 2. The first kappa shape index (κ1) is 13.0. The number of hydrogen-bond donors (Lipinski definition) is 1. The molecule has 1 aromatic carbocycles. The van der Waals surface area contributed by atoms with E-state index in [9.17, 15) is 9.59 Å². The summed E-state index contributed by atoms with van der Waals surface area (Å²) >= 11 is 0. The molecule has 0 unspecified atom stereocenters. The number of rotatable bonds is 4. The highest BCUT2D eigenvalue weighted by Crippen LogP contribution is 2.07. The summed E-state index contributed by atoms with van der Waals surface area (Å²) in [5, 5.41) is 2.54. The smallest absolute Gasteiger partial charge is 0.330 e. The van der Waals surface area contributed by atoms with Crippen LogP contribution in [0.25, 0.3) is 6.08 Å². The maximum absolute atomic E-state index is 11.4. The molecule has 0 bridgehead atoms. The van der Waals surface area contributed by atoms with Crippen molar-refractivity contribution in [3.63, 3.8) is 0 Å². The average Bonchev–Trinajstić information content (AvgIpc) is 2.36. The van der Waals surface area contributed by atoms with Crippen LogP contribution in [0.5, 0.6) is 0 Å².